The zero-order chi connectivity index (χ0) is 22.4. The van der Waals surface area contributed by atoms with E-state index in [0.29, 0.717) is 48.0 Å². The molecule has 1 aliphatic heterocycles. The largest absolute Gasteiger partial charge is 0.450 e. The Bertz CT molecular complexity index is 1080. The first kappa shape index (κ1) is 22.1. The van der Waals surface area contributed by atoms with Crippen molar-refractivity contribution in [1.29, 1.82) is 5.26 Å². The van der Waals surface area contributed by atoms with Crippen LogP contribution in [0.2, 0.25) is 0 Å². The van der Waals surface area contributed by atoms with E-state index in [-0.39, 0.29) is 6.09 Å². The fourth-order valence-corrected chi connectivity index (χ4v) is 4.38. The molecule has 0 radical (unpaired) electrons. The Morgan fingerprint density at radius 3 is 2.81 bits per heavy atom. The third-order valence-corrected chi connectivity index (χ3v) is 5.65. The topological polar surface area (TPSA) is 109 Å². The van der Waals surface area contributed by atoms with Crippen molar-refractivity contribution in [3.8, 4) is 11.8 Å². The zero-order valence-corrected chi connectivity index (χ0v) is 18.0. The molecule has 2 aromatic rings. The Labute approximate surface area is 183 Å². The second-order valence-corrected chi connectivity index (χ2v) is 7.75. The lowest BCUT2D eigenvalue weighted by molar-refractivity contribution is -0.131. The van der Waals surface area contributed by atoms with E-state index in [1.54, 1.807) is 36.1 Å². The summed E-state index contributed by atoms with van der Waals surface area (Å²) < 4.78 is 10.2. The molecule has 0 fully saturated rings. The number of nitrogens with zero attached hydrogens (tertiary/aromatic N) is 2. The summed E-state index contributed by atoms with van der Waals surface area (Å²) in [4.78, 5) is 38.1. The van der Waals surface area contributed by atoms with Gasteiger partial charge in [-0.2, -0.15) is 5.26 Å². The van der Waals surface area contributed by atoms with Crippen molar-refractivity contribution in [3.05, 3.63) is 51.9 Å². The number of para-hydroxylation sites is 1. The molecule has 0 aliphatic carbocycles. The first-order chi connectivity index (χ1) is 14.9. The van der Waals surface area contributed by atoms with E-state index in [2.05, 4.69) is 11.4 Å². The number of esters is 1. The van der Waals surface area contributed by atoms with Crippen LogP contribution in [0.15, 0.2) is 30.3 Å². The van der Waals surface area contributed by atoms with Gasteiger partial charge in [-0.05, 0) is 31.1 Å². The van der Waals surface area contributed by atoms with Crippen molar-refractivity contribution in [2.45, 2.75) is 26.8 Å². The number of anilines is 1. The second kappa shape index (κ2) is 9.91. The summed E-state index contributed by atoms with van der Waals surface area (Å²) in [6.07, 6.45) is 2.98. The quantitative estimate of drug-likeness (QED) is 0.432. The van der Waals surface area contributed by atoms with Gasteiger partial charge in [0.25, 0.3) is 0 Å². The van der Waals surface area contributed by atoms with Crippen molar-refractivity contribution in [1.82, 2.24) is 4.90 Å². The Hall–Kier alpha value is -3.64. The normalized spacial score (nSPS) is 12.7. The fraction of sp³-hybridized carbons (Fsp3) is 0.273. The third-order valence-electron chi connectivity index (χ3n) is 4.52. The minimum atomic E-state index is -0.454. The van der Waals surface area contributed by atoms with Crippen LogP contribution in [0.3, 0.4) is 0 Å². The zero-order valence-electron chi connectivity index (χ0n) is 17.1. The number of nitriles is 1. The highest BCUT2D eigenvalue weighted by atomic mass is 32.1. The number of thiophene rings is 1. The molecular weight excluding hydrogens is 418 g/mol. The maximum atomic E-state index is 12.5. The highest BCUT2D eigenvalue weighted by Gasteiger charge is 2.27. The minimum absolute atomic E-state index is 0.296. The average molecular weight is 439 g/mol. The molecule has 2 heterocycles. The van der Waals surface area contributed by atoms with Crippen molar-refractivity contribution in [2.75, 3.05) is 18.5 Å². The van der Waals surface area contributed by atoms with E-state index < -0.39 is 11.9 Å². The first-order valence-corrected chi connectivity index (χ1v) is 10.5. The summed E-state index contributed by atoms with van der Waals surface area (Å²) in [5.74, 6) is -0.526. The molecule has 1 aromatic carbocycles. The molecule has 1 N–H and O–H groups in total. The summed E-state index contributed by atoms with van der Waals surface area (Å²) in [5, 5.41) is 12.8. The maximum Gasteiger partial charge on any atom is 0.410 e. The summed E-state index contributed by atoms with van der Waals surface area (Å²) in [6.45, 7) is 4.15. The number of amides is 2. The predicted molar refractivity (Wildman–Crippen MR) is 116 cm³/mol. The van der Waals surface area contributed by atoms with Crippen LogP contribution in [0.25, 0.3) is 6.08 Å². The number of carbonyl (C=O) groups is 3. The Morgan fingerprint density at radius 1 is 1.32 bits per heavy atom. The molecule has 1 aliphatic rings. The van der Waals surface area contributed by atoms with Crippen molar-refractivity contribution in [2.24, 2.45) is 0 Å². The maximum absolute atomic E-state index is 12.5. The van der Waals surface area contributed by atoms with Gasteiger partial charge in [0, 0.05) is 30.0 Å². The highest BCUT2D eigenvalue weighted by Crippen LogP contribution is 2.36. The van der Waals surface area contributed by atoms with E-state index in [0.717, 1.165) is 10.4 Å². The molecule has 0 unspecified atom stereocenters. The van der Waals surface area contributed by atoms with Gasteiger partial charge in [-0.1, -0.05) is 18.2 Å². The number of rotatable bonds is 5. The molecule has 0 bridgehead atoms. The Kier molecular flexibility index (Phi) is 7.05. The smallest absolute Gasteiger partial charge is 0.410 e. The summed E-state index contributed by atoms with van der Waals surface area (Å²) in [7, 11) is 0. The van der Waals surface area contributed by atoms with E-state index in [9.17, 15) is 19.6 Å². The second-order valence-electron chi connectivity index (χ2n) is 6.64. The number of nitrogens with one attached hydrogen (secondary N) is 1. The first-order valence-electron chi connectivity index (χ1n) is 9.65. The summed E-state index contributed by atoms with van der Waals surface area (Å²) >= 11 is 1.28. The van der Waals surface area contributed by atoms with E-state index in [1.807, 2.05) is 0 Å². The SMILES string of the molecule is CCOC(=O)N1CCc2c(sc(NC(=O)C=Cc3ccccc3OC(C)=O)c2C#N)C1. The molecule has 160 valence electrons. The molecule has 0 saturated heterocycles. The lowest BCUT2D eigenvalue weighted by Crippen LogP contribution is -2.35. The number of fused-ring (bicyclic) bond motifs is 1. The van der Waals surface area contributed by atoms with Gasteiger partial charge in [0.1, 0.15) is 16.8 Å². The van der Waals surface area contributed by atoms with Crippen LogP contribution < -0.4 is 10.1 Å². The molecule has 1 aromatic heterocycles. The lowest BCUT2D eigenvalue weighted by Gasteiger charge is -2.25. The molecule has 8 nitrogen and oxygen atoms in total. The summed E-state index contributed by atoms with van der Waals surface area (Å²) in [5.41, 5.74) is 1.85. The van der Waals surface area contributed by atoms with Gasteiger partial charge in [-0.15, -0.1) is 11.3 Å². The van der Waals surface area contributed by atoms with Gasteiger partial charge in [0.05, 0.1) is 18.7 Å². The van der Waals surface area contributed by atoms with Gasteiger partial charge < -0.3 is 19.7 Å². The molecule has 9 heteroatoms. The summed E-state index contributed by atoms with van der Waals surface area (Å²) in [6, 6.07) is 9.01. The van der Waals surface area contributed by atoms with Crippen molar-refractivity contribution in [3.63, 3.8) is 0 Å². The van der Waals surface area contributed by atoms with Crippen LogP contribution >= 0.6 is 11.3 Å². The number of carbonyl (C=O) groups excluding carboxylic acids is 3. The highest BCUT2D eigenvalue weighted by molar-refractivity contribution is 7.16. The molecule has 0 spiro atoms. The van der Waals surface area contributed by atoms with Crippen LogP contribution in [0.5, 0.6) is 5.75 Å². The number of hydrogen-bond donors (Lipinski definition) is 1. The number of benzene rings is 1. The Morgan fingerprint density at radius 2 is 2.10 bits per heavy atom. The molecular formula is C22H21N3O5S. The minimum Gasteiger partial charge on any atom is -0.450 e. The van der Waals surface area contributed by atoms with Crippen LogP contribution in [-0.4, -0.2) is 36.0 Å². The standard InChI is InChI=1S/C22H21N3O5S/c1-3-29-22(28)25-11-10-16-17(12-23)21(31-19(16)13-25)24-20(27)9-8-15-6-4-5-7-18(15)30-14(2)26/h4-9H,3,10-11,13H2,1-2H3,(H,24,27). The number of ether oxygens (including phenoxy) is 2. The van der Waals surface area contributed by atoms with Gasteiger partial charge >= 0.3 is 12.1 Å². The molecule has 31 heavy (non-hydrogen) atoms. The van der Waals surface area contributed by atoms with Crippen molar-refractivity contribution >= 4 is 40.4 Å². The van der Waals surface area contributed by atoms with Crippen LogP contribution in [0.1, 0.15) is 35.4 Å². The van der Waals surface area contributed by atoms with E-state index >= 15 is 0 Å². The van der Waals surface area contributed by atoms with Crippen LogP contribution in [-0.2, 0) is 27.3 Å². The lowest BCUT2D eigenvalue weighted by atomic mass is 10.0. The molecule has 0 atom stereocenters. The monoisotopic (exact) mass is 439 g/mol. The van der Waals surface area contributed by atoms with E-state index in [1.165, 1.54) is 30.4 Å². The average Bonchev–Trinajstić information content (AvgIpc) is 3.08. The van der Waals surface area contributed by atoms with Gasteiger partial charge in [-0.25, -0.2) is 4.79 Å². The van der Waals surface area contributed by atoms with Gasteiger partial charge in [0.2, 0.25) is 5.91 Å². The molecule has 0 saturated carbocycles. The molecule has 3 rings (SSSR count). The Balaban J connectivity index is 1.75. The van der Waals surface area contributed by atoms with E-state index in [4.69, 9.17) is 9.47 Å². The number of hydrogen-bond acceptors (Lipinski definition) is 7. The predicted octanol–water partition coefficient (Wildman–Crippen LogP) is 3.71. The van der Waals surface area contributed by atoms with Gasteiger partial charge in [-0.3, -0.25) is 9.59 Å². The molecule has 2 amide bonds. The van der Waals surface area contributed by atoms with Gasteiger partial charge in [0.15, 0.2) is 0 Å². The van der Waals surface area contributed by atoms with Crippen LogP contribution in [0.4, 0.5) is 9.80 Å². The van der Waals surface area contributed by atoms with Crippen molar-refractivity contribution < 1.29 is 23.9 Å². The van der Waals surface area contributed by atoms with Crippen LogP contribution in [0, 0.1) is 11.3 Å². The third kappa shape index (κ3) is 5.29. The fourth-order valence-electron chi connectivity index (χ4n) is 3.17.